The van der Waals surface area contributed by atoms with Gasteiger partial charge < -0.3 is 4.90 Å². The molecule has 0 aliphatic carbocycles. The van der Waals surface area contributed by atoms with E-state index in [1.807, 2.05) is 13.0 Å². The van der Waals surface area contributed by atoms with Gasteiger partial charge in [-0.25, -0.2) is 13.1 Å². The van der Waals surface area contributed by atoms with E-state index in [1.54, 1.807) is 36.9 Å². The van der Waals surface area contributed by atoms with Crippen LogP contribution in [0.5, 0.6) is 0 Å². The fourth-order valence-corrected chi connectivity index (χ4v) is 5.65. The third-order valence-electron chi connectivity index (χ3n) is 5.86. The van der Waals surface area contributed by atoms with Crippen LogP contribution in [0.25, 0.3) is 5.69 Å². The number of benzene rings is 2. The van der Waals surface area contributed by atoms with Gasteiger partial charge in [0.2, 0.25) is 10.0 Å². The maximum absolute atomic E-state index is 13.1. The van der Waals surface area contributed by atoms with E-state index >= 15 is 0 Å². The Labute approximate surface area is 196 Å². The van der Waals surface area contributed by atoms with Gasteiger partial charge in [0.15, 0.2) is 5.69 Å². The predicted octanol–water partition coefficient (Wildman–Crippen LogP) is 2.25. The summed E-state index contributed by atoms with van der Waals surface area (Å²) in [5, 5.41) is 19.1. The molecule has 178 valence electrons. The molecule has 1 aromatic heterocycles. The maximum Gasteiger partial charge on any atom is 0.276 e. The number of nitro benzene ring substituents is 1. The van der Waals surface area contributed by atoms with Gasteiger partial charge in [0.25, 0.3) is 11.6 Å². The first-order chi connectivity index (χ1) is 16.1. The standard InChI is InChI=1S/C22H24N6O5S/c1-15-7-8-20(16(2)13-15)34(32,33)26-11-9-25(10-12-26)22(29)21-17(3)27(24-23-21)18-5-4-6-19(14-18)28(30)31/h4-8,13-14H,9-12H2,1-3H3. The Kier molecular flexibility index (Phi) is 6.19. The molecule has 4 rings (SSSR count). The van der Waals surface area contributed by atoms with Crippen LogP contribution in [-0.2, 0) is 10.0 Å². The van der Waals surface area contributed by atoms with Crippen molar-refractivity contribution < 1.29 is 18.1 Å². The lowest BCUT2D eigenvalue weighted by Gasteiger charge is -2.34. The first-order valence-electron chi connectivity index (χ1n) is 10.6. The molecule has 1 saturated heterocycles. The first kappa shape index (κ1) is 23.5. The minimum absolute atomic E-state index is 0.0959. The summed E-state index contributed by atoms with van der Waals surface area (Å²) in [6, 6.07) is 11.1. The molecule has 2 aromatic carbocycles. The number of aromatic nitrogens is 3. The first-order valence-corrected chi connectivity index (χ1v) is 12.1. The molecule has 0 bridgehead atoms. The van der Waals surface area contributed by atoms with Crippen LogP contribution in [0.15, 0.2) is 47.4 Å². The van der Waals surface area contributed by atoms with Crippen molar-refractivity contribution in [3.05, 3.63) is 75.1 Å². The van der Waals surface area contributed by atoms with Gasteiger partial charge in [0.05, 0.1) is 21.2 Å². The highest BCUT2D eigenvalue weighted by atomic mass is 32.2. The molecule has 1 aliphatic rings. The number of carbonyl (C=O) groups excluding carboxylic acids is 1. The second-order valence-corrected chi connectivity index (χ2v) is 10.1. The Balaban J connectivity index is 1.49. The second kappa shape index (κ2) is 8.95. The smallest absolute Gasteiger partial charge is 0.276 e. The van der Waals surface area contributed by atoms with Gasteiger partial charge in [-0.1, -0.05) is 29.0 Å². The van der Waals surface area contributed by atoms with Crippen LogP contribution in [0.2, 0.25) is 0 Å². The lowest BCUT2D eigenvalue weighted by molar-refractivity contribution is -0.384. The van der Waals surface area contributed by atoms with Gasteiger partial charge in [-0.3, -0.25) is 14.9 Å². The van der Waals surface area contributed by atoms with E-state index in [9.17, 15) is 23.3 Å². The van der Waals surface area contributed by atoms with E-state index in [2.05, 4.69) is 10.3 Å². The minimum atomic E-state index is -3.67. The molecular formula is C22H24N6O5S. The van der Waals surface area contributed by atoms with Crippen molar-refractivity contribution in [2.75, 3.05) is 26.2 Å². The van der Waals surface area contributed by atoms with Gasteiger partial charge in [-0.15, -0.1) is 5.10 Å². The normalized spacial score (nSPS) is 14.9. The number of amides is 1. The van der Waals surface area contributed by atoms with Crippen molar-refractivity contribution in [3.63, 3.8) is 0 Å². The molecule has 2 heterocycles. The Hall–Kier alpha value is -3.64. The van der Waals surface area contributed by atoms with Crippen molar-refractivity contribution in [3.8, 4) is 5.69 Å². The fraction of sp³-hybridized carbons (Fsp3) is 0.318. The number of aryl methyl sites for hydroxylation is 2. The summed E-state index contributed by atoms with van der Waals surface area (Å²) in [6.45, 7) is 6.10. The summed E-state index contributed by atoms with van der Waals surface area (Å²) in [5.74, 6) is -0.363. The van der Waals surface area contributed by atoms with Gasteiger partial charge in [-0.2, -0.15) is 4.31 Å². The molecule has 3 aromatic rings. The van der Waals surface area contributed by atoms with Crippen LogP contribution < -0.4 is 0 Å². The van der Waals surface area contributed by atoms with Crippen molar-refractivity contribution in [2.45, 2.75) is 25.7 Å². The van der Waals surface area contributed by atoms with Crippen molar-refractivity contribution in [2.24, 2.45) is 0 Å². The van der Waals surface area contributed by atoms with E-state index in [4.69, 9.17) is 0 Å². The Morgan fingerprint density at radius 3 is 2.38 bits per heavy atom. The largest absolute Gasteiger partial charge is 0.335 e. The number of sulfonamides is 1. The molecule has 0 atom stereocenters. The maximum atomic E-state index is 13.1. The molecule has 0 unspecified atom stereocenters. The highest BCUT2D eigenvalue weighted by Crippen LogP contribution is 2.23. The minimum Gasteiger partial charge on any atom is -0.335 e. The summed E-state index contributed by atoms with van der Waals surface area (Å²) in [4.78, 5) is 25.5. The van der Waals surface area contributed by atoms with Crippen LogP contribution in [0.1, 0.15) is 27.3 Å². The summed E-state index contributed by atoms with van der Waals surface area (Å²) in [5.41, 5.74) is 2.56. The predicted molar refractivity (Wildman–Crippen MR) is 123 cm³/mol. The number of nitrogens with zero attached hydrogens (tertiary/aromatic N) is 6. The topological polar surface area (TPSA) is 132 Å². The highest BCUT2D eigenvalue weighted by Gasteiger charge is 2.32. The summed E-state index contributed by atoms with van der Waals surface area (Å²) in [6.07, 6.45) is 0. The third kappa shape index (κ3) is 4.29. The lowest BCUT2D eigenvalue weighted by atomic mass is 10.2. The third-order valence-corrected chi connectivity index (χ3v) is 7.92. The fourth-order valence-electron chi connectivity index (χ4n) is 4.02. The van der Waals surface area contributed by atoms with Crippen LogP contribution >= 0.6 is 0 Å². The van der Waals surface area contributed by atoms with Crippen molar-refractivity contribution >= 4 is 21.6 Å². The van der Waals surface area contributed by atoms with Crippen LogP contribution in [0.4, 0.5) is 5.69 Å². The van der Waals surface area contributed by atoms with E-state index in [0.717, 1.165) is 5.56 Å². The Morgan fingerprint density at radius 2 is 1.74 bits per heavy atom. The molecule has 0 radical (unpaired) electrons. The van der Waals surface area contributed by atoms with E-state index < -0.39 is 14.9 Å². The monoisotopic (exact) mass is 484 g/mol. The molecule has 0 N–H and O–H groups in total. The number of rotatable bonds is 5. The Bertz CT molecular complexity index is 1380. The number of non-ortho nitro benzene ring substituents is 1. The average Bonchev–Trinajstić information content (AvgIpc) is 3.19. The number of piperazine rings is 1. The number of nitro groups is 1. The molecule has 1 amide bonds. The Morgan fingerprint density at radius 1 is 1.03 bits per heavy atom. The zero-order chi connectivity index (χ0) is 24.6. The quantitative estimate of drug-likeness (QED) is 0.401. The average molecular weight is 485 g/mol. The highest BCUT2D eigenvalue weighted by molar-refractivity contribution is 7.89. The zero-order valence-electron chi connectivity index (χ0n) is 19.0. The number of carbonyl (C=O) groups is 1. The van der Waals surface area contributed by atoms with E-state index in [1.165, 1.54) is 27.2 Å². The van der Waals surface area contributed by atoms with Gasteiger partial charge >= 0.3 is 0 Å². The lowest BCUT2D eigenvalue weighted by Crippen LogP contribution is -2.50. The molecule has 0 saturated carbocycles. The van der Waals surface area contributed by atoms with Crippen molar-refractivity contribution in [1.82, 2.24) is 24.2 Å². The molecule has 1 fully saturated rings. The van der Waals surface area contributed by atoms with E-state index in [0.29, 0.717) is 16.9 Å². The number of hydrogen-bond acceptors (Lipinski definition) is 7. The molecule has 11 nitrogen and oxygen atoms in total. The van der Waals surface area contributed by atoms with Crippen LogP contribution in [0, 0.1) is 30.9 Å². The molecule has 1 aliphatic heterocycles. The second-order valence-electron chi connectivity index (χ2n) is 8.18. The summed E-state index contributed by atoms with van der Waals surface area (Å²) in [7, 11) is -3.67. The van der Waals surface area contributed by atoms with Crippen LogP contribution in [0.3, 0.4) is 0 Å². The summed E-state index contributed by atoms with van der Waals surface area (Å²) >= 11 is 0. The van der Waals surface area contributed by atoms with E-state index in [-0.39, 0.29) is 48.4 Å². The molecule has 0 spiro atoms. The molecule has 34 heavy (non-hydrogen) atoms. The van der Waals surface area contributed by atoms with Gasteiger partial charge in [0.1, 0.15) is 0 Å². The summed E-state index contributed by atoms with van der Waals surface area (Å²) < 4.78 is 29.0. The number of hydrogen-bond donors (Lipinski definition) is 0. The molecular weight excluding hydrogens is 460 g/mol. The SMILES string of the molecule is Cc1ccc(S(=O)(=O)N2CCN(C(=O)c3nnn(-c4cccc([N+](=O)[O-])c4)c3C)CC2)c(C)c1. The van der Waals surface area contributed by atoms with Crippen molar-refractivity contribution in [1.29, 1.82) is 0 Å². The van der Waals surface area contributed by atoms with Gasteiger partial charge in [-0.05, 0) is 38.5 Å². The zero-order valence-corrected chi connectivity index (χ0v) is 19.8. The van der Waals surface area contributed by atoms with Crippen LogP contribution in [-0.4, -0.2) is 69.6 Å². The molecule has 12 heteroatoms. The van der Waals surface area contributed by atoms with Gasteiger partial charge in [0, 0.05) is 38.3 Å².